The van der Waals surface area contributed by atoms with Crippen molar-refractivity contribution in [2.24, 2.45) is 0 Å². The molecule has 1 aromatic rings. The summed E-state index contributed by atoms with van der Waals surface area (Å²) in [5.41, 5.74) is 0.423. The number of nitrogens with zero attached hydrogens (tertiary/aromatic N) is 1. The smallest absolute Gasteiger partial charge is 0.306 e. The van der Waals surface area contributed by atoms with Crippen LogP contribution in [-0.2, 0) is 19.1 Å². The van der Waals surface area contributed by atoms with Crippen LogP contribution in [0.15, 0.2) is 18.2 Å². The van der Waals surface area contributed by atoms with Gasteiger partial charge in [0.15, 0.2) is 0 Å². The van der Waals surface area contributed by atoms with Crippen LogP contribution in [0.3, 0.4) is 0 Å². The fraction of sp³-hybridized carbons (Fsp3) is 0.522. The molecular weight excluding hydrogens is 414 g/mol. The van der Waals surface area contributed by atoms with E-state index in [1.54, 1.807) is 18.2 Å². The summed E-state index contributed by atoms with van der Waals surface area (Å²) in [5, 5.41) is 5.60. The van der Waals surface area contributed by atoms with E-state index in [9.17, 15) is 24.0 Å². The Bertz CT molecular complexity index is 890. The molecule has 1 heterocycles. The van der Waals surface area contributed by atoms with E-state index >= 15 is 0 Å². The van der Waals surface area contributed by atoms with Gasteiger partial charge in [-0.1, -0.05) is 6.07 Å². The number of nitrogens with one attached hydrogen (secondary N) is 2. The van der Waals surface area contributed by atoms with Crippen LogP contribution < -0.4 is 10.6 Å². The Morgan fingerprint density at radius 3 is 2.47 bits per heavy atom. The summed E-state index contributed by atoms with van der Waals surface area (Å²) in [5.74, 6) is -1.64. The molecule has 0 aromatic heterocycles. The van der Waals surface area contributed by atoms with E-state index in [4.69, 9.17) is 4.74 Å². The lowest BCUT2D eigenvalue weighted by Gasteiger charge is -2.21. The number of aldehydes is 1. The number of fused-ring (bicyclic) bond motifs is 1. The Balaban J connectivity index is 1.99. The van der Waals surface area contributed by atoms with Crippen LogP contribution in [0.5, 0.6) is 0 Å². The largest absolute Gasteiger partial charge is 0.460 e. The normalized spacial score (nSPS) is 14.1. The van der Waals surface area contributed by atoms with Crippen LogP contribution >= 0.6 is 0 Å². The monoisotopic (exact) mass is 445 g/mol. The molecule has 1 unspecified atom stereocenters. The molecule has 0 saturated carbocycles. The SMILES string of the molecule is CNC(=O)CCC(C=O)N1C(=O)c2cccc(NCCCCC(=O)OC(C)(C)C)c2C1=O. The fourth-order valence-corrected chi connectivity index (χ4v) is 3.42. The highest BCUT2D eigenvalue weighted by Gasteiger charge is 2.41. The molecule has 1 aliphatic heterocycles. The van der Waals surface area contributed by atoms with Gasteiger partial charge in [-0.05, 0) is 52.2 Å². The summed E-state index contributed by atoms with van der Waals surface area (Å²) in [6.45, 7) is 5.95. The predicted molar refractivity (Wildman–Crippen MR) is 118 cm³/mol. The minimum atomic E-state index is -1.01. The van der Waals surface area contributed by atoms with Crippen molar-refractivity contribution in [1.29, 1.82) is 0 Å². The number of amides is 3. The van der Waals surface area contributed by atoms with E-state index in [2.05, 4.69) is 10.6 Å². The van der Waals surface area contributed by atoms with Crippen LogP contribution in [0.25, 0.3) is 0 Å². The van der Waals surface area contributed by atoms with Crippen molar-refractivity contribution in [2.45, 2.75) is 64.5 Å². The summed E-state index contributed by atoms with van der Waals surface area (Å²) >= 11 is 0. The number of hydrogen-bond donors (Lipinski definition) is 2. The molecule has 9 heteroatoms. The second-order valence-corrected chi connectivity index (χ2v) is 8.59. The first-order chi connectivity index (χ1) is 15.1. The van der Waals surface area contributed by atoms with E-state index in [0.717, 1.165) is 4.90 Å². The third-order valence-corrected chi connectivity index (χ3v) is 4.92. The van der Waals surface area contributed by atoms with Gasteiger partial charge in [-0.15, -0.1) is 0 Å². The molecule has 1 aromatic carbocycles. The van der Waals surface area contributed by atoms with Crippen LogP contribution in [0.2, 0.25) is 0 Å². The number of carbonyl (C=O) groups excluding carboxylic acids is 5. The van der Waals surface area contributed by atoms with Gasteiger partial charge in [0.05, 0.1) is 17.2 Å². The maximum atomic E-state index is 13.0. The first-order valence-corrected chi connectivity index (χ1v) is 10.7. The Hall–Kier alpha value is -3.23. The van der Waals surface area contributed by atoms with Gasteiger partial charge in [0, 0.05) is 32.1 Å². The maximum absolute atomic E-state index is 13.0. The minimum Gasteiger partial charge on any atom is -0.460 e. The number of hydrogen-bond acceptors (Lipinski definition) is 7. The van der Waals surface area contributed by atoms with Crippen LogP contribution in [0.1, 0.15) is 73.6 Å². The number of imide groups is 1. The van der Waals surface area contributed by atoms with Crippen molar-refractivity contribution in [3.63, 3.8) is 0 Å². The molecule has 0 radical (unpaired) electrons. The summed E-state index contributed by atoms with van der Waals surface area (Å²) < 4.78 is 5.27. The number of rotatable bonds is 11. The fourth-order valence-electron chi connectivity index (χ4n) is 3.42. The molecule has 1 atom stereocenters. The Morgan fingerprint density at radius 1 is 1.12 bits per heavy atom. The Labute approximate surface area is 187 Å². The number of esters is 1. The van der Waals surface area contributed by atoms with Crippen LogP contribution in [0, 0.1) is 0 Å². The first kappa shape index (κ1) is 25.0. The zero-order valence-electron chi connectivity index (χ0n) is 19.0. The lowest BCUT2D eigenvalue weighted by molar-refractivity contribution is -0.154. The highest BCUT2D eigenvalue weighted by Crippen LogP contribution is 2.31. The summed E-state index contributed by atoms with van der Waals surface area (Å²) in [6.07, 6.45) is 2.18. The third kappa shape index (κ3) is 6.38. The maximum Gasteiger partial charge on any atom is 0.306 e. The zero-order chi connectivity index (χ0) is 23.9. The molecule has 0 aliphatic carbocycles. The first-order valence-electron chi connectivity index (χ1n) is 10.7. The van der Waals surface area contributed by atoms with Crippen molar-refractivity contribution < 1.29 is 28.7 Å². The third-order valence-electron chi connectivity index (χ3n) is 4.92. The molecule has 3 amide bonds. The van der Waals surface area contributed by atoms with E-state index in [-0.39, 0.29) is 35.8 Å². The average Bonchev–Trinajstić information content (AvgIpc) is 2.98. The number of carbonyl (C=O) groups is 5. The van der Waals surface area contributed by atoms with Crippen molar-refractivity contribution in [3.05, 3.63) is 29.3 Å². The van der Waals surface area contributed by atoms with Gasteiger partial charge in [0.1, 0.15) is 11.9 Å². The molecule has 0 bridgehead atoms. The van der Waals surface area contributed by atoms with E-state index < -0.39 is 23.5 Å². The Morgan fingerprint density at radius 2 is 1.84 bits per heavy atom. The molecule has 1 aliphatic rings. The number of ether oxygens (including phenoxy) is 1. The quantitative estimate of drug-likeness (QED) is 0.232. The van der Waals surface area contributed by atoms with Crippen LogP contribution in [0.4, 0.5) is 5.69 Å². The van der Waals surface area contributed by atoms with Gasteiger partial charge in [-0.3, -0.25) is 24.1 Å². The van der Waals surface area contributed by atoms with Crippen molar-refractivity contribution in [3.8, 4) is 0 Å². The molecule has 32 heavy (non-hydrogen) atoms. The molecule has 174 valence electrons. The molecule has 0 spiro atoms. The predicted octanol–water partition coefficient (Wildman–Crippen LogP) is 2.30. The van der Waals surface area contributed by atoms with Gasteiger partial charge in [0.25, 0.3) is 11.8 Å². The van der Waals surface area contributed by atoms with Gasteiger partial charge in [-0.2, -0.15) is 0 Å². The lowest BCUT2D eigenvalue weighted by atomic mass is 10.1. The summed E-state index contributed by atoms with van der Waals surface area (Å²) in [7, 11) is 1.48. The van der Waals surface area contributed by atoms with Crippen molar-refractivity contribution in [1.82, 2.24) is 10.2 Å². The standard InChI is InChI=1S/C23H31N3O6/c1-23(2,3)32-19(29)10-5-6-13-25-17-9-7-8-16-20(17)22(31)26(21(16)30)15(14-27)11-12-18(28)24-4/h7-9,14-15,25H,5-6,10-13H2,1-4H3,(H,24,28). The molecular formula is C23H31N3O6. The number of benzene rings is 1. The topological polar surface area (TPSA) is 122 Å². The van der Waals surface area contributed by atoms with Crippen molar-refractivity contribution >= 4 is 35.7 Å². The average molecular weight is 446 g/mol. The van der Waals surface area contributed by atoms with Gasteiger partial charge >= 0.3 is 5.97 Å². The Kier molecular flexibility index (Phi) is 8.51. The van der Waals surface area contributed by atoms with Crippen LogP contribution in [-0.4, -0.2) is 60.1 Å². The summed E-state index contributed by atoms with van der Waals surface area (Å²) in [4.78, 5) is 61.6. The van der Waals surface area contributed by atoms with Gasteiger partial charge < -0.3 is 20.2 Å². The highest BCUT2D eigenvalue weighted by molar-refractivity contribution is 6.24. The highest BCUT2D eigenvalue weighted by atomic mass is 16.6. The second kappa shape index (κ2) is 10.9. The lowest BCUT2D eigenvalue weighted by Crippen LogP contribution is -2.41. The molecule has 9 nitrogen and oxygen atoms in total. The zero-order valence-corrected chi connectivity index (χ0v) is 19.0. The van der Waals surface area contributed by atoms with E-state index in [1.807, 2.05) is 20.8 Å². The summed E-state index contributed by atoms with van der Waals surface area (Å²) in [6, 6.07) is 3.89. The molecule has 2 rings (SSSR count). The van der Waals surface area contributed by atoms with E-state index in [1.165, 1.54) is 7.05 Å². The number of unbranched alkanes of at least 4 members (excludes halogenated alkanes) is 1. The number of anilines is 1. The van der Waals surface area contributed by atoms with Gasteiger partial charge in [-0.25, -0.2) is 0 Å². The molecule has 0 fully saturated rings. The molecule has 0 saturated heterocycles. The van der Waals surface area contributed by atoms with Crippen molar-refractivity contribution in [2.75, 3.05) is 18.9 Å². The second-order valence-electron chi connectivity index (χ2n) is 8.59. The van der Waals surface area contributed by atoms with Gasteiger partial charge in [0.2, 0.25) is 5.91 Å². The minimum absolute atomic E-state index is 0.0239. The molecule has 2 N–H and O–H groups in total. The van der Waals surface area contributed by atoms with E-state index in [0.29, 0.717) is 37.8 Å².